The number of benzene rings is 4. The number of carbonyl (C=O) groups is 1. The molecule has 1 heterocycles. The molecule has 5 rings (SSSR count). The summed E-state index contributed by atoms with van der Waals surface area (Å²) in [6, 6.07) is 34.4. The van der Waals surface area contributed by atoms with Crippen molar-refractivity contribution in [2.24, 2.45) is 0 Å². The van der Waals surface area contributed by atoms with Crippen LogP contribution >= 0.6 is 0 Å². The van der Waals surface area contributed by atoms with Crippen LogP contribution in [0.15, 0.2) is 133 Å². The second kappa shape index (κ2) is 15.9. The minimum Gasteiger partial charge on any atom is -0.368 e. The molecule has 0 bridgehead atoms. The number of amides is 1. The van der Waals surface area contributed by atoms with Crippen molar-refractivity contribution in [1.82, 2.24) is 4.90 Å². The number of likely N-dealkylation sites (tertiary alicyclic amines) is 1. The monoisotopic (exact) mass is 641 g/mol. The zero-order chi connectivity index (χ0) is 32.4. The van der Waals surface area contributed by atoms with Gasteiger partial charge in [0.1, 0.15) is 12.2 Å². The predicted octanol–water partition coefficient (Wildman–Crippen LogP) is 5.85. The molecule has 0 unspecified atom stereocenters. The molecule has 4 aromatic rings. The van der Waals surface area contributed by atoms with E-state index in [9.17, 15) is 13.2 Å². The van der Waals surface area contributed by atoms with Gasteiger partial charge in [-0.2, -0.15) is 8.42 Å². The summed E-state index contributed by atoms with van der Waals surface area (Å²) in [6.07, 6.45) is -1.17. The highest BCUT2D eigenvalue weighted by molar-refractivity contribution is 7.86. The Labute approximate surface area is 271 Å². The summed E-state index contributed by atoms with van der Waals surface area (Å²) in [5.41, 5.74) is 3.62. The SMILES string of the molecule is C=CCN1C(=O)[C@H](OCc2ccccc2)[C@H](OCc2ccccc2)[C@H](OCc2ccccc2)[C@H]1COS(=O)(=O)c1ccc(C)cc1. The number of nitrogens with zero attached hydrogens (tertiary/aromatic N) is 1. The summed E-state index contributed by atoms with van der Waals surface area (Å²) < 4.78 is 51.6. The van der Waals surface area contributed by atoms with E-state index in [0.717, 1.165) is 22.3 Å². The highest BCUT2D eigenvalue weighted by atomic mass is 32.2. The average Bonchev–Trinajstić information content (AvgIpc) is 3.08. The minimum atomic E-state index is -4.15. The van der Waals surface area contributed by atoms with Crippen molar-refractivity contribution in [2.75, 3.05) is 13.2 Å². The van der Waals surface area contributed by atoms with E-state index in [4.69, 9.17) is 18.4 Å². The van der Waals surface area contributed by atoms with Crippen LogP contribution in [0.25, 0.3) is 0 Å². The number of rotatable bonds is 15. The van der Waals surface area contributed by atoms with Crippen molar-refractivity contribution < 1.29 is 31.6 Å². The maximum atomic E-state index is 14.2. The minimum absolute atomic E-state index is 0.0261. The molecule has 46 heavy (non-hydrogen) atoms. The fourth-order valence-corrected chi connectivity index (χ4v) is 6.29. The molecule has 240 valence electrons. The van der Waals surface area contributed by atoms with Crippen molar-refractivity contribution in [3.05, 3.63) is 150 Å². The molecule has 9 heteroatoms. The largest absolute Gasteiger partial charge is 0.368 e. The van der Waals surface area contributed by atoms with Gasteiger partial charge in [-0.1, -0.05) is 115 Å². The summed E-state index contributed by atoms with van der Waals surface area (Å²) in [5, 5.41) is 0. The van der Waals surface area contributed by atoms with Crippen LogP contribution in [0.4, 0.5) is 0 Å². The van der Waals surface area contributed by atoms with Crippen LogP contribution < -0.4 is 0 Å². The van der Waals surface area contributed by atoms with Crippen molar-refractivity contribution >= 4 is 16.0 Å². The molecule has 0 N–H and O–H groups in total. The smallest absolute Gasteiger partial charge is 0.297 e. The molecule has 4 atom stereocenters. The maximum Gasteiger partial charge on any atom is 0.297 e. The van der Waals surface area contributed by atoms with Crippen LogP contribution in [0.3, 0.4) is 0 Å². The molecule has 4 aromatic carbocycles. The van der Waals surface area contributed by atoms with Crippen LogP contribution in [0.2, 0.25) is 0 Å². The predicted molar refractivity (Wildman–Crippen MR) is 175 cm³/mol. The fraction of sp³-hybridized carbons (Fsp3) is 0.270. The van der Waals surface area contributed by atoms with Crippen LogP contribution in [0, 0.1) is 6.92 Å². The first kappa shape index (κ1) is 33.2. The molecule has 8 nitrogen and oxygen atoms in total. The number of hydrogen-bond donors (Lipinski definition) is 0. The third-order valence-corrected chi connectivity index (χ3v) is 9.10. The van der Waals surface area contributed by atoms with E-state index < -0.39 is 34.5 Å². The van der Waals surface area contributed by atoms with Gasteiger partial charge in [0.25, 0.3) is 16.0 Å². The molecule has 0 saturated carbocycles. The Morgan fingerprint density at radius 3 is 1.67 bits per heavy atom. The highest BCUT2D eigenvalue weighted by Gasteiger charge is 2.51. The van der Waals surface area contributed by atoms with Gasteiger partial charge in [0.15, 0.2) is 6.10 Å². The van der Waals surface area contributed by atoms with E-state index in [-0.39, 0.29) is 43.8 Å². The van der Waals surface area contributed by atoms with Crippen molar-refractivity contribution in [1.29, 1.82) is 0 Å². The Bertz CT molecular complexity index is 1650. The molecule has 1 aliphatic heterocycles. The molecule has 1 fully saturated rings. The first-order valence-corrected chi connectivity index (χ1v) is 16.6. The van der Waals surface area contributed by atoms with Crippen molar-refractivity contribution in [3.8, 4) is 0 Å². The van der Waals surface area contributed by atoms with Crippen LogP contribution in [0.5, 0.6) is 0 Å². The molecule has 0 radical (unpaired) electrons. The summed E-state index contributed by atoms with van der Waals surface area (Å²) in [5.74, 6) is -0.366. The lowest BCUT2D eigenvalue weighted by molar-refractivity contribution is -0.210. The molecule has 1 saturated heterocycles. The Morgan fingerprint density at radius 1 is 0.696 bits per heavy atom. The van der Waals surface area contributed by atoms with Gasteiger partial charge in [-0.3, -0.25) is 8.98 Å². The van der Waals surface area contributed by atoms with E-state index in [2.05, 4.69) is 6.58 Å². The van der Waals surface area contributed by atoms with Gasteiger partial charge in [-0.15, -0.1) is 6.58 Å². The van der Waals surface area contributed by atoms with E-state index in [1.807, 2.05) is 97.9 Å². The number of carbonyl (C=O) groups excluding carboxylic acids is 1. The standard InChI is InChI=1S/C37H39NO7S/c1-3-23-38-33(27-45-46(40,41)32-21-19-28(2)20-22-32)34(42-24-29-13-7-4-8-14-29)35(43-25-30-15-9-5-10-16-30)36(37(38)39)44-26-31-17-11-6-12-18-31/h3-22,33-36H,1,23-27H2,2H3/t33-,34-,35-,36-/m1/s1. The number of aryl methyl sites for hydroxylation is 1. The summed E-state index contributed by atoms with van der Waals surface area (Å²) in [7, 11) is -4.15. The lowest BCUT2D eigenvalue weighted by Gasteiger charge is -2.47. The first-order valence-electron chi connectivity index (χ1n) is 15.2. The topological polar surface area (TPSA) is 91.4 Å². The van der Waals surface area contributed by atoms with E-state index in [1.54, 1.807) is 18.2 Å². The normalized spacial score (nSPS) is 20.0. The molecule has 0 aromatic heterocycles. The Hall–Kier alpha value is -4.12. The Balaban J connectivity index is 1.49. The van der Waals surface area contributed by atoms with Gasteiger partial charge in [0, 0.05) is 6.54 Å². The third kappa shape index (κ3) is 8.57. The molecule has 0 aliphatic carbocycles. The molecular weight excluding hydrogens is 602 g/mol. The summed E-state index contributed by atoms with van der Waals surface area (Å²) >= 11 is 0. The quantitative estimate of drug-likeness (QED) is 0.119. The second-order valence-electron chi connectivity index (χ2n) is 11.1. The van der Waals surface area contributed by atoms with Gasteiger partial charge in [0.05, 0.1) is 37.4 Å². The highest BCUT2D eigenvalue weighted by Crippen LogP contribution is 2.30. The molecule has 1 amide bonds. The van der Waals surface area contributed by atoms with Gasteiger partial charge in [0.2, 0.25) is 0 Å². The Kier molecular flexibility index (Phi) is 11.5. The summed E-state index contributed by atoms with van der Waals surface area (Å²) in [4.78, 5) is 15.8. The van der Waals surface area contributed by atoms with Crippen LogP contribution in [-0.2, 0) is 53.1 Å². The molecular formula is C37H39NO7S. The lowest BCUT2D eigenvalue weighted by atomic mass is 9.92. The van der Waals surface area contributed by atoms with Crippen molar-refractivity contribution in [3.63, 3.8) is 0 Å². The second-order valence-corrected chi connectivity index (χ2v) is 12.8. The van der Waals surface area contributed by atoms with Crippen molar-refractivity contribution in [2.45, 2.75) is 56.0 Å². The third-order valence-electron chi connectivity index (χ3n) is 7.80. The zero-order valence-corrected chi connectivity index (χ0v) is 26.6. The summed E-state index contributed by atoms with van der Waals surface area (Å²) in [6.45, 7) is 6.04. The average molecular weight is 642 g/mol. The van der Waals surface area contributed by atoms with Gasteiger partial charge >= 0.3 is 0 Å². The van der Waals surface area contributed by atoms with Crippen LogP contribution in [0.1, 0.15) is 22.3 Å². The zero-order valence-electron chi connectivity index (χ0n) is 25.8. The first-order chi connectivity index (χ1) is 22.4. The van der Waals surface area contributed by atoms with E-state index in [1.165, 1.54) is 17.0 Å². The van der Waals surface area contributed by atoms with E-state index >= 15 is 0 Å². The van der Waals surface area contributed by atoms with Gasteiger partial charge in [-0.05, 0) is 35.7 Å². The van der Waals surface area contributed by atoms with Gasteiger partial charge < -0.3 is 19.1 Å². The molecule has 1 aliphatic rings. The lowest BCUT2D eigenvalue weighted by Crippen LogP contribution is -2.67. The number of ether oxygens (including phenoxy) is 3. The van der Waals surface area contributed by atoms with Crippen LogP contribution in [-0.4, -0.2) is 56.7 Å². The Morgan fingerprint density at radius 2 is 1.17 bits per heavy atom. The molecule has 0 spiro atoms. The number of hydrogen-bond acceptors (Lipinski definition) is 7. The van der Waals surface area contributed by atoms with Gasteiger partial charge in [-0.25, -0.2) is 0 Å². The van der Waals surface area contributed by atoms with E-state index in [0.29, 0.717) is 0 Å². The maximum absolute atomic E-state index is 14.2. The fourth-order valence-electron chi connectivity index (χ4n) is 5.37. The number of piperidine rings is 1.